The Balaban J connectivity index is 0. The van der Waals surface area contributed by atoms with Crippen LogP contribution in [0.3, 0.4) is 0 Å². The molecule has 0 aliphatic heterocycles. The Kier molecular flexibility index (Phi) is 9.50. The van der Waals surface area contributed by atoms with E-state index in [9.17, 15) is 4.79 Å². The van der Waals surface area contributed by atoms with E-state index in [0.717, 1.165) is 0 Å². The van der Waals surface area contributed by atoms with Crippen LogP contribution < -0.4 is 0 Å². The number of halogens is 1. The summed E-state index contributed by atoms with van der Waals surface area (Å²) in [5.41, 5.74) is 0. The molecular formula is C2H3ClNaO2. The molecule has 0 saturated heterocycles. The van der Waals surface area contributed by atoms with Gasteiger partial charge in [-0.05, 0) is 0 Å². The number of carboxylic acid groups (broad SMARTS) is 1. The second-order valence-electron chi connectivity index (χ2n) is 0.447. The normalized spacial score (nSPS) is 6.17. The van der Waals surface area contributed by atoms with Crippen LogP contribution in [0.15, 0.2) is 0 Å². The van der Waals surface area contributed by atoms with Gasteiger partial charge in [0, 0.05) is 0 Å². The summed E-state index contributed by atoms with van der Waals surface area (Å²) in [4.78, 5) is 9.18. The minimum absolute atomic E-state index is 0. The molecule has 0 atom stereocenters. The average molecular weight is 117 g/mol. The first-order chi connectivity index (χ1) is 2.27. The summed E-state index contributed by atoms with van der Waals surface area (Å²) in [7, 11) is 0. The maximum absolute atomic E-state index is 9.18. The summed E-state index contributed by atoms with van der Waals surface area (Å²) < 4.78 is 0. The number of rotatable bonds is 1. The monoisotopic (exact) mass is 117 g/mol. The molecule has 31 valence electrons. The Bertz CT molecular complexity index is 46.8. The van der Waals surface area contributed by atoms with Crippen molar-refractivity contribution >= 4 is 47.1 Å². The molecule has 0 aliphatic rings. The Morgan fingerprint density at radius 2 is 2.00 bits per heavy atom. The molecule has 0 aromatic heterocycles. The SMILES string of the molecule is O=C(O)[CH]Cl.[NaH]. The molecule has 0 unspecified atom stereocenters. The van der Waals surface area contributed by atoms with Crippen LogP contribution in [0.1, 0.15) is 0 Å². The maximum atomic E-state index is 9.18. The molecule has 0 aromatic carbocycles. The topological polar surface area (TPSA) is 37.3 Å². The van der Waals surface area contributed by atoms with Crippen LogP contribution >= 0.6 is 11.6 Å². The zero-order valence-corrected chi connectivity index (χ0v) is 3.07. The molecule has 2 nitrogen and oxygen atoms in total. The van der Waals surface area contributed by atoms with E-state index in [4.69, 9.17) is 5.11 Å². The van der Waals surface area contributed by atoms with Gasteiger partial charge in [-0.2, -0.15) is 0 Å². The van der Waals surface area contributed by atoms with Crippen LogP contribution in [0.4, 0.5) is 0 Å². The number of carboxylic acids is 1. The fourth-order valence-electron chi connectivity index (χ4n) is 0. The van der Waals surface area contributed by atoms with Gasteiger partial charge in [0.25, 0.3) is 0 Å². The molecule has 0 heterocycles. The van der Waals surface area contributed by atoms with E-state index in [-0.39, 0.29) is 29.6 Å². The summed E-state index contributed by atoms with van der Waals surface area (Å²) in [6.07, 6.45) is 0. The van der Waals surface area contributed by atoms with Gasteiger partial charge in [0.1, 0.15) is 0 Å². The van der Waals surface area contributed by atoms with E-state index in [1.165, 1.54) is 0 Å². The van der Waals surface area contributed by atoms with Crippen molar-refractivity contribution in [1.82, 2.24) is 0 Å². The third kappa shape index (κ3) is 8.83. The van der Waals surface area contributed by atoms with Gasteiger partial charge in [-0.1, -0.05) is 0 Å². The van der Waals surface area contributed by atoms with Crippen molar-refractivity contribution < 1.29 is 9.90 Å². The van der Waals surface area contributed by atoms with Crippen molar-refractivity contribution in [2.45, 2.75) is 0 Å². The minimum atomic E-state index is -1.10. The molecule has 1 N–H and O–H groups in total. The second-order valence-corrected chi connectivity index (χ2v) is 0.666. The third-order valence-electron chi connectivity index (χ3n) is 0.0933. The Morgan fingerprint density at radius 1 is 1.83 bits per heavy atom. The number of hydrogen-bond acceptors (Lipinski definition) is 1. The standard InChI is InChI=1S/C2H2ClO2.Na.H/c3-1-2(4)5;;/h1H,(H,4,5);;. The van der Waals surface area contributed by atoms with Gasteiger partial charge in [-0.3, -0.25) is 4.79 Å². The molecular weight excluding hydrogens is 114 g/mol. The van der Waals surface area contributed by atoms with Gasteiger partial charge < -0.3 is 5.11 Å². The van der Waals surface area contributed by atoms with E-state index >= 15 is 0 Å². The second kappa shape index (κ2) is 5.76. The quantitative estimate of drug-likeness (QED) is 0.484. The zero-order valence-electron chi connectivity index (χ0n) is 2.31. The van der Waals surface area contributed by atoms with Gasteiger partial charge >= 0.3 is 35.5 Å². The van der Waals surface area contributed by atoms with Crippen molar-refractivity contribution in [2.24, 2.45) is 0 Å². The van der Waals surface area contributed by atoms with Gasteiger partial charge in [-0.15, -0.1) is 11.6 Å². The van der Waals surface area contributed by atoms with E-state index in [2.05, 4.69) is 11.6 Å². The van der Waals surface area contributed by atoms with E-state index in [1.807, 2.05) is 0 Å². The number of carbonyl (C=O) groups is 1. The first kappa shape index (κ1) is 9.90. The molecule has 0 fully saturated rings. The molecule has 0 bridgehead atoms. The molecule has 0 amide bonds. The summed E-state index contributed by atoms with van der Waals surface area (Å²) in [5, 5.41) is 7.53. The fourth-order valence-corrected chi connectivity index (χ4v) is 0. The third-order valence-corrected chi connectivity index (χ3v) is 0.280. The van der Waals surface area contributed by atoms with E-state index in [1.54, 1.807) is 0 Å². The van der Waals surface area contributed by atoms with Crippen LogP contribution in [0.25, 0.3) is 0 Å². The number of hydrogen-bond donors (Lipinski definition) is 1. The van der Waals surface area contributed by atoms with Crippen molar-refractivity contribution in [1.29, 1.82) is 0 Å². The van der Waals surface area contributed by atoms with Crippen molar-refractivity contribution in [2.75, 3.05) is 0 Å². The van der Waals surface area contributed by atoms with Crippen LogP contribution in [-0.2, 0) is 4.79 Å². The van der Waals surface area contributed by atoms with Gasteiger partial charge in [0.05, 0.1) is 0 Å². The van der Waals surface area contributed by atoms with E-state index < -0.39 is 5.97 Å². The Hall–Kier alpha value is 0.760. The number of aliphatic carboxylic acids is 1. The van der Waals surface area contributed by atoms with Gasteiger partial charge in [0.2, 0.25) is 0 Å². The van der Waals surface area contributed by atoms with Crippen LogP contribution in [0, 0.1) is 5.88 Å². The summed E-state index contributed by atoms with van der Waals surface area (Å²) in [6, 6.07) is 0. The molecule has 0 saturated carbocycles. The summed E-state index contributed by atoms with van der Waals surface area (Å²) >= 11 is 4.61. The van der Waals surface area contributed by atoms with Crippen molar-refractivity contribution in [3.05, 3.63) is 5.88 Å². The average Bonchev–Trinajstić information content (AvgIpc) is 1.38. The predicted molar refractivity (Wildman–Crippen MR) is 24.9 cm³/mol. The zero-order chi connectivity index (χ0) is 4.28. The van der Waals surface area contributed by atoms with Crippen LogP contribution in [0.2, 0.25) is 0 Å². The first-order valence-electron chi connectivity index (χ1n) is 0.935. The molecule has 1 radical (unpaired) electrons. The van der Waals surface area contributed by atoms with Crippen LogP contribution in [-0.4, -0.2) is 40.6 Å². The van der Waals surface area contributed by atoms with Crippen molar-refractivity contribution in [3.63, 3.8) is 0 Å². The van der Waals surface area contributed by atoms with Gasteiger partial charge in [-0.25, -0.2) is 0 Å². The Morgan fingerprint density at radius 3 is 2.00 bits per heavy atom. The van der Waals surface area contributed by atoms with Crippen molar-refractivity contribution in [3.8, 4) is 0 Å². The molecule has 0 rings (SSSR count). The van der Waals surface area contributed by atoms with Crippen LogP contribution in [0.5, 0.6) is 0 Å². The molecule has 0 aliphatic carbocycles. The summed E-state index contributed by atoms with van der Waals surface area (Å²) in [5.74, 6) is -0.549. The fraction of sp³-hybridized carbons (Fsp3) is 0. The molecule has 4 heteroatoms. The molecule has 0 aromatic rings. The van der Waals surface area contributed by atoms with Gasteiger partial charge in [0.15, 0.2) is 5.88 Å². The van der Waals surface area contributed by atoms with E-state index in [0.29, 0.717) is 5.88 Å². The summed E-state index contributed by atoms with van der Waals surface area (Å²) in [6.45, 7) is 0. The molecule has 0 spiro atoms. The molecule has 6 heavy (non-hydrogen) atoms. The predicted octanol–water partition coefficient (Wildman–Crippen LogP) is -0.177. The first-order valence-corrected chi connectivity index (χ1v) is 1.37. The Labute approximate surface area is 62.8 Å².